The molecule has 1 heterocycles. The van der Waals surface area contributed by atoms with Gasteiger partial charge in [0.05, 0.1) is 5.02 Å². The summed E-state index contributed by atoms with van der Waals surface area (Å²) in [6, 6.07) is 5.23. The molecule has 1 fully saturated rings. The minimum absolute atomic E-state index is 0.00970. The van der Waals surface area contributed by atoms with Crippen LogP contribution in [0.15, 0.2) is 22.7 Å². The van der Waals surface area contributed by atoms with Gasteiger partial charge in [0.25, 0.3) is 0 Å². The molecular weight excluding hydrogens is 279 g/mol. The highest BCUT2D eigenvalue weighted by atomic mass is 79.9. The monoisotopic (exact) mass is 288 g/mol. The summed E-state index contributed by atoms with van der Waals surface area (Å²) >= 11 is 9.23. The summed E-state index contributed by atoms with van der Waals surface area (Å²) in [4.78, 5) is 11.6. The summed E-state index contributed by atoms with van der Waals surface area (Å²) in [5.41, 5.74) is 0.920. The van der Waals surface area contributed by atoms with Gasteiger partial charge in [0.1, 0.15) is 6.04 Å². The maximum absolute atomic E-state index is 11.6. The van der Waals surface area contributed by atoms with Gasteiger partial charge in [-0.3, -0.25) is 4.79 Å². The highest BCUT2D eigenvalue weighted by molar-refractivity contribution is 9.10. The first-order valence-electron chi connectivity index (χ1n) is 4.64. The normalized spacial score (nSPS) is 21.2. The number of benzene rings is 1. The highest BCUT2D eigenvalue weighted by Crippen LogP contribution is 2.26. The Hall–Kier alpha value is -0.580. The number of carbonyl (C=O) groups is 1. The molecule has 1 saturated heterocycles. The lowest BCUT2D eigenvalue weighted by Gasteiger charge is -2.23. The first-order valence-corrected chi connectivity index (χ1v) is 5.81. The zero-order valence-corrected chi connectivity index (χ0v) is 10.2. The standard InChI is InChI=1S/C10H10BrClN2O/c11-7-5-6(1-2-8(7)12)9-10(15)14-4-3-13-9/h1-2,5,9,13H,3-4H2,(H,14,15). The zero-order chi connectivity index (χ0) is 10.8. The summed E-state index contributed by atoms with van der Waals surface area (Å²) in [7, 11) is 0. The van der Waals surface area contributed by atoms with Gasteiger partial charge in [0.15, 0.2) is 0 Å². The largest absolute Gasteiger partial charge is 0.353 e. The van der Waals surface area contributed by atoms with Crippen LogP contribution < -0.4 is 10.6 Å². The van der Waals surface area contributed by atoms with E-state index in [1.807, 2.05) is 12.1 Å². The Kier molecular flexibility index (Phi) is 3.29. The van der Waals surface area contributed by atoms with Gasteiger partial charge in [0.2, 0.25) is 5.91 Å². The van der Waals surface area contributed by atoms with Gasteiger partial charge in [-0.25, -0.2) is 0 Å². The number of carbonyl (C=O) groups excluding carboxylic acids is 1. The number of nitrogens with one attached hydrogen (secondary N) is 2. The molecule has 0 radical (unpaired) electrons. The molecule has 2 N–H and O–H groups in total. The van der Waals surface area contributed by atoms with Crippen LogP contribution in [-0.2, 0) is 4.79 Å². The fraction of sp³-hybridized carbons (Fsp3) is 0.300. The van der Waals surface area contributed by atoms with Gasteiger partial charge in [0, 0.05) is 17.6 Å². The van der Waals surface area contributed by atoms with Crippen molar-refractivity contribution in [3.8, 4) is 0 Å². The fourth-order valence-corrected chi connectivity index (χ4v) is 2.07. The number of rotatable bonds is 1. The van der Waals surface area contributed by atoms with Crippen LogP contribution in [0.3, 0.4) is 0 Å². The molecule has 1 atom stereocenters. The second kappa shape index (κ2) is 4.51. The van der Waals surface area contributed by atoms with Crippen molar-refractivity contribution in [3.05, 3.63) is 33.3 Å². The molecule has 15 heavy (non-hydrogen) atoms. The molecule has 1 aliphatic rings. The average molecular weight is 290 g/mol. The molecule has 0 aliphatic carbocycles. The van der Waals surface area contributed by atoms with Gasteiger partial charge in [-0.15, -0.1) is 0 Å². The quantitative estimate of drug-likeness (QED) is 0.828. The predicted molar refractivity (Wildman–Crippen MR) is 62.9 cm³/mol. The molecule has 2 rings (SSSR count). The topological polar surface area (TPSA) is 41.1 Å². The SMILES string of the molecule is O=C1NCCNC1c1ccc(Cl)c(Br)c1. The Labute approximate surface area is 101 Å². The van der Waals surface area contributed by atoms with E-state index in [1.165, 1.54) is 0 Å². The van der Waals surface area contributed by atoms with E-state index in [9.17, 15) is 4.79 Å². The minimum Gasteiger partial charge on any atom is -0.353 e. The summed E-state index contributed by atoms with van der Waals surface area (Å²) in [6.45, 7) is 1.47. The van der Waals surface area contributed by atoms with Crippen molar-refractivity contribution < 1.29 is 4.79 Å². The van der Waals surface area contributed by atoms with Crippen LogP contribution in [0.25, 0.3) is 0 Å². The highest BCUT2D eigenvalue weighted by Gasteiger charge is 2.23. The summed E-state index contributed by atoms with van der Waals surface area (Å²) in [5.74, 6) is 0.00970. The van der Waals surface area contributed by atoms with Crippen LogP contribution in [0.2, 0.25) is 5.02 Å². The predicted octanol–water partition coefficient (Wildman–Crippen LogP) is 1.86. The van der Waals surface area contributed by atoms with Gasteiger partial charge >= 0.3 is 0 Å². The lowest BCUT2D eigenvalue weighted by molar-refractivity contribution is -0.124. The number of hydrogen-bond acceptors (Lipinski definition) is 2. The molecule has 3 nitrogen and oxygen atoms in total. The van der Waals surface area contributed by atoms with E-state index in [0.717, 1.165) is 16.6 Å². The van der Waals surface area contributed by atoms with Crippen LogP contribution in [0, 0.1) is 0 Å². The molecule has 0 saturated carbocycles. The van der Waals surface area contributed by atoms with Crippen molar-refractivity contribution in [2.24, 2.45) is 0 Å². The van der Waals surface area contributed by atoms with E-state index in [-0.39, 0.29) is 11.9 Å². The molecule has 1 unspecified atom stereocenters. The van der Waals surface area contributed by atoms with Crippen LogP contribution in [0.4, 0.5) is 0 Å². The minimum atomic E-state index is -0.271. The Morgan fingerprint density at radius 3 is 2.87 bits per heavy atom. The number of halogens is 2. The van der Waals surface area contributed by atoms with E-state index in [0.29, 0.717) is 11.6 Å². The number of amides is 1. The van der Waals surface area contributed by atoms with Crippen molar-refractivity contribution in [2.75, 3.05) is 13.1 Å². The molecule has 80 valence electrons. The van der Waals surface area contributed by atoms with Crippen molar-refractivity contribution in [1.29, 1.82) is 0 Å². The molecule has 1 aliphatic heterocycles. The third-order valence-corrected chi connectivity index (χ3v) is 3.53. The maximum Gasteiger partial charge on any atom is 0.241 e. The van der Waals surface area contributed by atoms with Crippen molar-refractivity contribution in [2.45, 2.75) is 6.04 Å². The van der Waals surface area contributed by atoms with Gasteiger partial charge < -0.3 is 10.6 Å². The lowest BCUT2D eigenvalue weighted by atomic mass is 10.1. The third kappa shape index (κ3) is 2.33. The Morgan fingerprint density at radius 1 is 1.40 bits per heavy atom. The van der Waals surface area contributed by atoms with Crippen LogP contribution in [0.1, 0.15) is 11.6 Å². The number of hydrogen-bond donors (Lipinski definition) is 2. The van der Waals surface area contributed by atoms with E-state index in [2.05, 4.69) is 26.6 Å². The van der Waals surface area contributed by atoms with E-state index in [4.69, 9.17) is 11.6 Å². The third-order valence-electron chi connectivity index (χ3n) is 2.31. The van der Waals surface area contributed by atoms with Crippen molar-refractivity contribution in [1.82, 2.24) is 10.6 Å². The first-order chi connectivity index (χ1) is 7.18. The summed E-state index contributed by atoms with van der Waals surface area (Å²) < 4.78 is 0.807. The van der Waals surface area contributed by atoms with Gasteiger partial charge in [-0.1, -0.05) is 17.7 Å². The molecule has 0 bridgehead atoms. The molecule has 1 aromatic carbocycles. The Morgan fingerprint density at radius 2 is 2.20 bits per heavy atom. The van der Waals surface area contributed by atoms with E-state index < -0.39 is 0 Å². The van der Waals surface area contributed by atoms with E-state index in [1.54, 1.807) is 6.07 Å². The fourth-order valence-electron chi connectivity index (χ4n) is 1.56. The molecule has 1 aromatic rings. The van der Waals surface area contributed by atoms with Gasteiger partial charge in [-0.2, -0.15) is 0 Å². The molecule has 1 amide bonds. The number of piperazine rings is 1. The Bertz CT molecular complexity index is 397. The van der Waals surface area contributed by atoms with Crippen LogP contribution in [0.5, 0.6) is 0 Å². The first kappa shape index (κ1) is 10.9. The molecule has 0 spiro atoms. The zero-order valence-electron chi connectivity index (χ0n) is 7.89. The second-order valence-corrected chi connectivity index (χ2v) is 4.61. The Balaban J connectivity index is 2.28. The molecular formula is C10H10BrClN2O. The molecule has 5 heteroatoms. The molecule has 0 aromatic heterocycles. The van der Waals surface area contributed by atoms with Crippen LogP contribution in [-0.4, -0.2) is 19.0 Å². The summed E-state index contributed by atoms with van der Waals surface area (Å²) in [6.07, 6.45) is 0. The van der Waals surface area contributed by atoms with Crippen LogP contribution >= 0.6 is 27.5 Å². The lowest BCUT2D eigenvalue weighted by Crippen LogP contribution is -2.47. The summed E-state index contributed by atoms with van der Waals surface area (Å²) in [5, 5.41) is 6.62. The maximum atomic E-state index is 11.6. The van der Waals surface area contributed by atoms with Crippen molar-refractivity contribution in [3.63, 3.8) is 0 Å². The van der Waals surface area contributed by atoms with Gasteiger partial charge in [-0.05, 0) is 33.6 Å². The second-order valence-electron chi connectivity index (χ2n) is 3.35. The average Bonchev–Trinajstić information content (AvgIpc) is 2.23. The smallest absolute Gasteiger partial charge is 0.241 e. The van der Waals surface area contributed by atoms with Crippen molar-refractivity contribution >= 4 is 33.4 Å². The van der Waals surface area contributed by atoms with E-state index >= 15 is 0 Å².